The van der Waals surface area contributed by atoms with Crippen molar-refractivity contribution in [2.24, 2.45) is 0 Å². The van der Waals surface area contributed by atoms with E-state index in [0.717, 1.165) is 18.7 Å². The van der Waals surface area contributed by atoms with Gasteiger partial charge >= 0.3 is 0 Å². The second-order valence-electron chi connectivity index (χ2n) is 7.51. The molecule has 0 aliphatic carbocycles. The van der Waals surface area contributed by atoms with Gasteiger partial charge < -0.3 is 10.2 Å². The highest BCUT2D eigenvalue weighted by molar-refractivity contribution is 6.31. The van der Waals surface area contributed by atoms with Gasteiger partial charge in [0.15, 0.2) is 11.6 Å². The van der Waals surface area contributed by atoms with Gasteiger partial charge in [-0.2, -0.15) is 5.10 Å². The molecule has 2 N–H and O–H groups in total. The van der Waals surface area contributed by atoms with Crippen LogP contribution in [0.1, 0.15) is 22.5 Å². The number of rotatable bonds is 5. The van der Waals surface area contributed by atoms with Crippen molar-refractivity contribution in [1.82, 2.24) is 30.0 Å². The first-order chi connectivity index (χ1) is 14.6. The molecule has 2 aromatic heterocycles. The van der Waals surface area contributed by atoms with E-state index < -0.39 is 5.82 Å². The van der Waals surface area contributed by atoms with Gasteiger partial charge in [0, 0.05) is 50.2 Å². The normalized spacial score (nSPS) is 20.7. The smallest absolute Gasteiger partial charge is 0.257 e. The van der Waals surface area contributed by atoms with Crippen LogP contribution in [0.4, 0.5) is 16.0 Å². The van der Waals surface area contributed by atoms with E-state index in [1.54, 1.807) is 29.6 Å². The third-order valence-electron chi connectivity index (χ3n) is 5.60. The van der Waals surface area contributed by atoms with Crippen LogP contribution in [0.2, 0.25) is 5.02 Å². The Kier molecular flexibility index (Phi) is 4.84. The Labute approximate surface area is 177 Å². The highest BCUT2D eigenvalue weighted by Crippen LogP contribution is 2.33. The number of nitrogens with zero attached hydrogens (tertiary/aromatic N) is 5. The number of H-pyrrole nitrogens is 1. The first kappa shape index (κ1) is 19.0. The number of halogens is 2. The van der Waals surface area contributed by atoms with E-state index in [1.807, 2.05) is 6.07 Å². The molecule has 2 aliphatic heterocycles. The molecule has 3 aromatic rings. The van der Waals surface area contributed by atoms with E-state index in [9.17, 15) is 9.18 Å². The predicted molar refractivity (Wildman–Crippen MR) is 109 cm³/mol. The SMILES string of the molecule is O=C(c1cccc(Cl)c1F)N1C[C@@H]2C[C@H]1CN2Cc1cncc(Nc2cc[nH]n2)n1. The van der Waals surface area contributed by atoms with E-state index in [-0.39, 0.29) is 28.6 Å². The number of likely N-dealkylation sites (tertiary alicyclic amines) is 2. The molecule has 2 aliphatic rings. The van der Waals surface area contributed by atoms with Crippen LogP contribution in [0.3, 0.4) is 0 Å². The zero-order valence-electron chi connectivity index (χ0n) is 15.9. The molecule has 0 spiro atoms. The van der Waals surface area contributed by atoms with Crippen molar-refractivity contribution >= 4 is 29.1 Å². The molecule has 2 atom stereocenters. The van der Waals surface area contributed by atoms with Crippen LogP contribution >= 0.6 is 11.6 Å². The molecular formula is C20H19ClFN7O. The van der Waals surface area contributed by atoms with Crippen molar-refractivity contribution < 1.29 is 9.18 Å². The van der Waals surface area contributed by atoms with Crippen LogP contribution in [0.5, 0.6) is 0 Å². The van der Waals surface area contributed by atoms with Gasteiger partial charge in [-0.25, -0.2) is 9.37 Å². The fraction of sp³-hybridized carbons (Fsp3) is 0.300. The number of fused-ring (bicyclic) bond motifs is 2. The second-order valence-corrected chi connectivity index (χ2v) is 7.92. The summed E-state index contributed by atoms with van der Waals surface area (Å²) in [4.78, 5) is 25.8. The van der Waals surface area contributed by atoms with Crippen molar-refractivity contribution in [2.45, 2.75) is 25.0 Å². The number of benzene rings is 1. The van der Waals surface area contributed by atoms with Crippen LogP contribution in [0.15, 0.2) is 42.9 Å². The summed E-state index contributed by atoms with van der Waals surface area (Å²) in [6.45, 7) is 1.92. The molecule has 2 bridgehead atoms. The molecule has 154 valence electrons. The number of amides is 1. The Morgan fingerprint density at radius 2 is 2.13 bits per heavy atom. The second kappa shape index (κ2) is 7.66. The highest BCUT2D eigenvalue weighted by Gasteiger charge is 2.45. The lowest BCUT2D eigenvalue weighted by atomic mass is 10.1. The molecule has 0 saturated carbocycles. The van der Waals surface area contributed by atoms with E-state index in [4.69, 9.17) is 11.6 Å². The van der Waals surface area contributed by atoms with E-state index in [0.29, 0.717) is 24.7 Å². The lowest BCUT2D eigenvalue weighted by molar-refractivity contribution is 0.0610. The van der Waals surface area contributed by atoms with Crippen LogP contribution in [-0.4, -0.2) is 61.0 Å². The molecule has 5 rings (SSSR count). The van der Waals surface area contributed by atoms with Crippen molar-refractivity contribution in [2.75, 3.05) is 18.4 Å². The van der Waals surface area contributed by atoms with E-state index in [2.05, 4.69) is 30.4 Å². The number of carbonyl (C=O) groups is 1. The van der Waals surface area contributed by atoms with Crippen molar-refractivity contribution in [3.63, 3.8) is 0 Å². The molecule has 30 heavy (non-hydrogen) atoms. The van der Waals surface area contributed by atoms with E-state index in [1.165, 1.54) is 12.1 Å². The fourth-order valence-corrected chi connectivity index (χ4v) is 4.40. The van der Waals surface area contributed by atoms with Crippen molar-refractivity contribution in [3.05, 3.63) is 65.0 Å². The maximum absolute atomic E-state index is 14.3. The topological polar surface area (TPSA) is 90.0 Å². The molecular weight excluding hydrogens is 409 g/mol. The molecule has 0 unspecified atom stereocenters. The predicted octanol–water partition coefficient (Wildman–Crippen LogP) is 2.83. The zero-order valence-corrected chi connectivity index (χ0v) is 16.7. The molecule has 0 radical (unpaired) electrons. The summed E-state index contributed by atoms with van der Waals surface area (Å²) >= 11 is 5.84. The average Bonchev–Trinajstić information content (AvgIpc) is 3.47. The van der Waals surface area contributed by atoms with Gasteiger partial charge in [0.2, 0.25) is 0 Å². The summed E-state index contributed by atoms with van der Waals surface area (Å²) in [5.74, 6) is 0.341. The summed E-state index contributed by atoms with van der Waals surface area (Å²) in [6.07, 6.45) is 5.98. The number of nitrogens with one attached hydrogen (secondary N) is 2. The maximum atomic E-state index is 14.3. The lowest BCUT2D eigenvalue weighted by Gasteiger charge is -2.34. The summed E-state index contributed by atoms with van der Waals surface area (Å²) < 4.78 is 14.3. The van der Waals surface area contributed by atoms with Crippen molar-refractivity contribution in [3.8, 4) is 0 Å². The quantitative estimate of drug-likeness (QED) is 0.650. The Morgan fingerprint density at radius 3 is 2.90 bits per heavy atom. The number of carbonyl (C=O) groups excluding carboxylic acids is 1. The van der Waals surface area contributed by atoms with Gasteiger partial charge in [0.25, 0.3) is 5.91 Å². The minimum Gasteiger partial charge on any atom is -0.333 e. The zero-order chi connectivity index (χ0) is 20.7. The largest absolute Gasteiger partial charge is 0.333 e. The number of aromatic nitrogens is 4. The Balaban J connectivity index is 1.24. The van der Waals surface area contributed by atoms with Gasteiger partial charge in [-0.15, -0.1) is 0 Å². The Hall–Kier alpha value is -3.04. The highest BCUT2D eigenvalue weighted by atomic mass is 35.5. The van der Waals surface area contributed by atoms with Crippen LogP contribution < -0.4 is 5.32 Å². The number of hydrogen-bond donors (Lipinski definition) is 2. The van der Waals surface area contributed by atoms with E-state index >= 15 is 0 Å². The third kappa shape index (κ3) is 3.50. The molecule has 4 heterocycles. The van der Waals surface area contributed by atoms with Gasteiger partial charge in [0.05, 0.1) is 22.5 Å². The van der Waals surface area contributed by atoms with Crippen LogP contribution in [-0.2, 0) is 6.54 Å². The van der Waals surface area contributed by atoms with Crippen LogP contribution in [0.25, 0.3) is 0 Å². The number of hydrogen-bond acceptors (Lipinski definition) is 6. The van der Waals surface area contributed by atoms with Gasteiger partial charge in [-0.05, 0) is 18.6 Å². The molecule has 1 amide bonds. The summed E-state index contributed by atoms with van der Waals surface area (Å²) in [5.41, 5.74) is 0.867. The molecule has 8 nitrogen and oxygen atoms in total. The first-order valence-corrected chi connectivity index (χ1v) is 10.0. The first-order valence-electron chi connectivity index (χ1n) is 9.65. The Bertz CT molecular complexity index is 1080. The number of piperazine rings is 1. The maximum Gasteiger partial charge on any atom is 0.257 e. The van der Waals surface area contributed by atoms with Gasteiger partial charge in [0.1, 0.15) is 5.82 Å². The summed E-state index contributed by atoms with van der Waals surface area (Å²) in [5, 5.41) is 9.86. The Morgan fingerprint density at radius 1 is 1.23 bits per heavy atom. The summed E-state index contributed by atoms with van der Waals surface area (Å²) in [6, 6.07) is 6.61. The minimum absolute atomic E-state index is 0.0320. The number of aromatic amines is 1. The summed E-state index contributed by atoms with van der Waals surface area (Å²) in [7, 11) is 0. The molecule has 1 aromatic carbocycles. The van der Waals surface area contributed by atoms with Gasteiger partial charge in [-0.3, -0.25) is 19.8 Å². The van der Waals surface area contributed by atoms with Crippen molar-refractivity contribution in [1.29, 1.82) is 0 Å². The molecule has 2 saturated heterocycles. The fourth-order valence-electron chi connectivity index (χ4n) is 4.23. The van der Waals surface area contributed by atoms with Gasteiger partial charge in [-0.1, -0.05) is 17.7 Å². The average molecular weight is 428 g/mol. The number of anilines is 2. The lowest BCUT2D eigenvalue weighted by Crippen LogP contribution is -2.48. The standard InChI is InChI=1S/C20H19ClFN7O/c21-16-3-1-2-15(19(16)22)20(30)29-11-13-6-14(29)10-28(13)9-12-7-23-8-18(25-12)26-17-4-5-24-27-17/h1-5,7-8,13-14H,6,9-11H2,(H2,24,25,26,27)/t13-,14-/m0/s1. The third-order valence-corrected chi connectivity index (χ3v) is 5.90. The monoisotopic (exact) mass is 427 g/mol. The molecule has 2 fully saturated rings. The minimum atomic E-state index is -0.653. The van der Waals surface area contributed by atoms with Crippen LogP contribution in [0, 0.1) is 5.82 Å². The molecule has 10 heteroatoms.